The Hall–Kier alpha value is -0.280. The Kier molecular flexibility index (Phi) is 10.7. The lowest BCUT2D eigenvalue weighted by Crippen LogP contribution is -2.21. The van der Waals surface area contributed by atoms with Gasteiger partial charge in [0.05, 0.1) is 6.61 Å². The second-order valence-corrected chi connectivity index (χ2v) is 3.74. The van der Waals surface area contributed by atoms with E-state index in [1.54, 1.807) is 0 Å². The summed E-state index contributed by atoms with van der Waals surface area (Å²) in [4.78, 5) is 11.1. The second-order valence-electron chi connectivity index (χ2n) is 3.74. The number of rotatable bonds is 6. The summed E-state index contributed by atoms with van der Waals surface area (Å²) in [5.41, 5.74) is 5.56. The molecule has 0 heterocycles. The molecule has 2 N–H and O–H groups in total. The first-order valence-electron chi connectivity index (χ1n) is 4.95. The van der Waals surface area contributed by atoms with Crippen LogP contribution in [-0.2, 0) is 9.53 Å². The van der Waals surface area contributed by atoms with Crippen LogP contribution in [0.4, 0.5) is 0 Å². The Balaban J connectivity index is 0. The number of hydrogen-bond donors (Lipinski definition) is 1. The molecule has 0 saturated carbocycles. The normalized spacial score (nSPS) is 12.1. The lowest BCUT2D eigenvalue weighted by molar-refractivity contribution is -0.144. The van der Waals surface area contributed by atoms with Crippen LogP contribution in [0.15, 0.2) is 0 Å². The highest BCUT2D eigenvalue weighted by atomic mass is 35.5. The van der Waals surface area contributed by atoms with Crippen molar-refractivity contribution in [1.29, 1.82) is 0 Å². The summed E-state index contributed by atoms with van der Waals surface area (Å²) in [5.74, 6) is 0.737. The average molecular weight is 224 g/mol. The van der Waals surface area contributed by atoms with E-state index in [-0.39, 0.29) is 24.3 Å². The van der Waals surface area contributed by atoms with Crippen molar-refractivity contribution in [2.24, 2.45) is 17.6 Å². The molecule has 0 aromatic carbocycles. The third-order valence-electron chi connectivity index (χ3n) is 1.90. The number of esters is 1. The van der Waals surface area contributed by atoms with Crippen LogP contribution in [-0.4, -0.2) is 19.1 Å². The summed E-state index contributed by atoms with van der Waals surface area (Å²) < 4.78 is 4.86. The van der Waals surface area contributed by atoms with E-state index in [0.29, 0.717) is 25.5 Å². The van der Waals surface area contributed by atoms with Crippen molar-refractivity contribution in [2.75, 3.05) is 13.2 Å². The minimum Gasteiger partial charge on any atom is -0.466 e. The lowest BCUT2D eigenvalue weighted by Gasteiger charge is -2.15. The largest absolute Gasteiger partial charge is 0.466 e. The monoisotopic (exact) mass is 223 g/mol. The van der Waals surface area contributed by atoms with Gasteiger partial charge in [-0.15, -0.1) is 12.4 Å². The van der Waals surface area contributed by atoms with E-state index in [1.165, 1.54) is 0 Å². The molecule has 0 aromatic heterocycles. The number of carbonyl (C=O) groups excluding carboxylic acids is 1. The molecular weight excluding hydrogens is 202 g/mol. The Labute approximate surface area is 92.8 Å². The average Bonchev–Trinajstić information content (AvgIpc) is 2.02. The zero-order valence-electron chi connectivity index (χ0n) is 9.29. The van der Waals surface area contributed by atoms with Gasteiger partial charge in [0.1, 0.15) is 0 Å². The van der Waals surface area contributed by atoms with Crippen molar-refractivity contribution in [3.05, 3.63) is 0 Å². The number of nitrogens with two attached hydrogens (primary N) is 1. The molecule has 1 atom stereocenters. The first-order chi connectivity index (χ1) is 6.10. The third kappa shape index (κ3) is 8.32. The zero-order chi connectivity index (χ0) is 10.3. The van der Waals surface area contributed by atoms with Crippen LogP contribution in [0.2, 0.25) is 0 Å². The molecule has 3 nitrogen and oxygen atoms in total. The van der Waals surface area contributed by atoms with E-state index in [4.69, 9.17) is 10.5 Å². The van der Waals surface area contributed by atoms with Crippen LogP contribution in [0.1, 0.15) is 33.6 Å². The number of hydrogen-bond acceptors (Lipinski definition) is 3. The lowest BCUT2D eigenvalue weighted by atomic mass is 9.94. The maximum Gasteiger partial charge on any atom is 0.306 e. The van der Waals surface area contributed by atoms with Crippen molar-refractivity contribution in [3.8, 4) is 0 Å². The predicted molar refractivity (Wildman–Crippen MR) is 60.5 cm³/mol. The maximum atomic E-state index is 11.1. The van der Waals surface area contributed by atoms with E-state index < -0.39 is 0 Å². The summed E-state index contributed by atoms with van der Waals surface area (Å²) in [6.45, 7) is 7.11. The van der Waals surface area contributed by atoms with Crippen molar-refractivity contribution < 1.29 is 9.53 Å². The standard InChI is InChI=1S/C10H21NO2.ClH/c1-4-13-10(12)6-9(7-11)5-8(2)3;/h8-9H,4-7,11H2,1-3H3;1H/t9-;/m0./s1. The Morgan fingerprint density at radius 3 is 2.36 bits per heavy atom. The molecule has 0 rings (SSSR count). The molecule has 0 saturated heterocycles. The third-order valence-corrected chi connectivity index (χ3v) is 1.90. The Morgan fingerprint density at radius 2 is 2.00 bits per heavy atom. The fourth-order valence-electron chi connectivity index (χ4n) is 1.39. The van der Waals surface area contributed by atoms with E-state index >= 15 is 0 Å². The van der Waals surface area contributed by atoms with Gasteiger partial charge in [-0.1, -0.05) is 13.8 Å². The molecule has 14 heavy (non-hydrogen) atoms. The minimum absolute atomic E-state index is 0. The van der Waals surface area contributed by atoms with E-state index in [1.807, 2.05) is 6.92 Å². The van der Waals surface area contributed by atoms with Gasteiger partial charge in [-0.25, -0.2) is 0 Å². The first kappa shape index (κ1) is 16.2. The van der Waals surface area contributed by atoms with Crippen molar-refractivity contribution >= 4 is 18.4 Å². The fraction of sp³-hybridized carbons (Fsp3) is 0.900. The van der Waals surface area contributed by atoms with Gasteiger partial charge in [0.15, 0.2) is 0 Å². The van der Waals surface area contributed by atoms with E-state index in [2.05, 4.69) is 13.8 Å². The van der Waals surface area contributed by atoms with Gasteiger partial charge in [-0.2, -0.15) is 0 Å². The smallest absolute Gasteiger partial charge is 0.306 e. The molecule has 0 radical (unpaired) electrons. The molecule has 0 aliphatic heterocycles. The van der Waals surface area contributed by atoms with Crippen LogP contribution >= 0.6 is 12.4 Å². The molecular formula is C10H22ClNO2. The Bertz CT molecular complexity index is 151. The number of ether oxygens (including phenoxy) is 1. The highest BCUT2D eigenvalue weighted by molar-refractivity contribution is 5.85. The first-order valence-corrected chi connectivity index (χ1v) is 4.95. The summed E-state index contributed by atoms with van der Waals surface area (Å²) in [6, 6.07) is 0. The van der Waals surface area contributed by atoms with Crippen LogP contribution in [0, 0.1) is 11.8 Å². The molecule has 0 fully saturated rings. The molecule has 0 spiro atoms. The van der Waals surface area contributed by atoms with Gasteiger partial charge in [-0.3, -0.25) is 4.79 Å². The van der Waals surface area contributed by atoms with Crippen molar-refractivity contribution in [3.63, 3.8) is 0 Å². The summed E-state index contributed by atoms with van der Waals surface area (Å²) in [7, 11) is 0. The maximum absolute atomic E-state index is 11.1. The summed E-state index contributed by atoms with van der Waals surface area (Å²) in [6.07, 6.45) is 1.46. The highest BCUT2D eigenvalue weighted by Gasteiger charge is 2.14. The molecule has 0 aliphatic rings. The fourth-order valence-corrected chi connectivity index (χ4v) is 1.39. The minimum atomic E-state index is -0.126. The van der Waals surface area contributed by atoms with E-state index in [9.17, 15) is 4.79 Å². The SMILES string of the molecule is CCOC(=O)C[C@@H](CN)CC(C)C.Cl. The van der Waals surface area contributed by atoms with Gasteiger partial charge in [-0.05, 0) is 31.7 Å². The molecule has 4 heteroatoms. The van der Waals surface area contributed by atoms with E-state index in [0.717, 1.165) is 6.42 Å². The molecule has 0 aromatic rings. The quantitative estimate of drug-likeness (QED) is 0.701. The molecule has 0 aliphatic carbocycles. The van der Waals surface area contributed by atoms with Gasteiger partial charge in [0.2, 0.25) is 0 Å². The molecule has 86 valence electrons. The van der Waals surface area contributed by atoms with Gasteiger partial charge < -0.3 is 10.5 Å². The van der Waals surface area contributed by atoms with Gasteiger partial charge in [0.25, 0.3) is 0 Å². The van der Waals surface area contributed by atoms with Gasteiger partial charge in [0, 0.05) is 6.42 Å². The second kappa shape index (κ2) is 9.28. The topological polar surface area (TPSA) is 52.3 Å². The van der Waals surface area contributed by atoms with Gasteiger partial charge >= 0.3 is 5.97 Å². The van der Waals surface area contributed by atoms with Crippen molar-refractivity contribution in [1.82, 2.24) is 0 Å². The van der Waals surface area contributed by atoms with Crippen molar-refractivity contribution in [2.45, 2.75) is 33.6 Å². The van der Waals surface area contributed by atoms with Crippen LogP contribution < -0.4 is 5.73 Å². The number of carbonyl (C=O) groups is 1. The summed E-state index contributed by atoms with van der Waals surface area (Å²) >= 11 is 0. The molecule has 0 bridgehead atoms. The predicted octanol–water partition coefficient (Wildman–Crippen LogP) is 1.98. The summed E-state index contributed by atoms with van der Waals surface area (Å²) in [5, 5.41) is 0. The number of halogens is 1. The molecule has 0 amide bonds. The van der Waals surface area contributed by atoms with Crippen LogP contribution in [0.25, 0.3) is 0 Å². The zero-order valence-corrected chi connectivity index (χ0v) is 10.1. The van der Waals surface area contributed by atoms with Crippen LogP contribution in [0.5, 0.6) is 0 Å². The Morgan fingerprint density at radius 1 is 1.43 bits per heavy atom. The molecule has 0 unspecified atom stereocenters. The highest BCUT2D eigenvalue weighted by Crippen LogP contribution is 2.14. The van der Waals surface area contributed by atoms with Crippen LogP contribution in [0.3, 0.4) is 0 Å².